The second-order valence-electron chi connectivity index (χ2n) is 7.73. The molecule has 3 aromatic rings. The van der Waals surface area contributed by atoms with Crippen LogP contribution in [0.15, 0.2) is 54.6 Å². The van der Waals surface area contributed by atoms with E-state index in [2.05, 4.69) is 10.3 Å². The van der Waals surface area contributed by atoms with Crippen LogP contribution in [0.3, 0.4) is 0 Å². The van der Waals surface area contributed by atoms with E-state index in [1.165, 1.54) is 0 Å². The number of para-hydroxylation sites is 2. The van der Waals surface area contributed by atoms with E-state index in [1.807, 2.05) is 84.8 Å². The molecule has 0 radical (unpaired) electrons. The van der Waals surface area contributed by atoms with E-state index in [0.29, 0.717) is 25.3 Å². The van der Waals surface area contributed by atoms with Gasteiger partial charge in [0.2, 0.25) is 11.8 Å². The van der Waals surface area contributed by atoms with Gasteiger partial charge in [0.05, 0.1) is 17.6 Å². The molecule has 158 valence electrons. The lowest BCUT2D eigenvalue weighted by Crippen LogP contribution is -2.39. The predicted octanol–water partition coefficient (Wildman–Crippen LogP) is 3.89. The molecule has 0 saturated heterocycles. The topological polar surface area (TPSA) is 67.2 Å². The Labute approximate surface area is 177 Å². The molecule has 0 aliphatic heterocycles. The summed E-state index contributed by atoms with van der Waals surface area (Å²) in [6.07, 6.45) is 1.28. The summed E-state index contributed by atoms with van der Waals surface area (Å²) in [6, 6.07) is 17.8. The highest BCUT2D eigenvalue weighted by atomic mass is 16.2. The summed E-state index contributed by atoms with van der Waals surface area (Å²) in [5.74, 6) is 0.714. The SMILES string of the molecule is CCCC(=O)NCc1nc2ccccc2n1CC(=O)N(Cc1ccccc1)C(C)C. The Morgan fingerprint density at radius 2 is 1.77 bits per heavy atom. The molecule has 6 nitrogen and oxygen atoms in total. The van der Waals surface area contributed by atoms with Crippen molar-refractivity contribution in [1.29, 1.82) is 0 Å². The maximum absolute atomic E-state index is 13.3. The monoisotopic (exact) mass is 406 g/mol. The molecule has 0 atom stereocenters. The van der Waals surface area contributed by atoms with Gasteiger partial charge in [-0.25, -0.2) is 4.98 Å². The van der Waals surface area contributed by atoms with E-state index >= 15 is 0 Å². The van der Waals surface area contributed by atoms with Crippen LogP contribution in [0.2, 0.25) is 0 Å². The number of hydrogen-bond donors (Lipinski definition) is 1. The van der Waals surface area contributed by atoms with Gasteiger partial charge in [0, 0.05) is 19.0 Å². The van der Waals surface area contributed by atoms with Gasteiger partial charge in [0.1, 0.15) is 12.4 Å². The van der Waals surface area contributed by atoms with Crippen molar-refractivity contribution in [2.75, 3.05) is 0 Å². The highest BCUT2D eigenvalue weighted by Gasteiger charge is 2.21. The number of nitrogens with one attached hydrogen (secondary N) is 1. The molecular formula is C24H30N4O2. The summed E-state index contributed by atoms with van der Waals surface area (Å²) in [6.45, 7) is 7.08. The van der Waals surface area contributed by atoms with E-state index in [4.69, 9.17) is 0 Å². The smallest absolute Gasteiger partial charge is 0.243 e. The largest absolute Gasteiger partial charge is 0.349 e. The zero-order chi connectivity index (χ0) is 21.5. The number of nitrogens with zero attached hydrogens (tertiary/aromatic N) is 3. The minimum atomic E-state index is -0.00434. The number of imidazole rings is 1. The first-order valence-corrected chi connectivity index (χ1v) is 10.5. The van der Waals surface area contributed by atoms with E-state index < -0.39 is 0 Å². The molecule has 0 bridgehead atoms. The van der Waals surface area contributed by atoms with Gasteiger partial charge in [0.25, 0.3) is 0 Å². The molecule has 0 aliphatic rings. The second kappa shape index (κ2) is 10.1. The van der Waals surface area contributed by atoms with Gasteiger partial charge in [0.15, 0.2) is 0 Å². The van der Waals surface area contributed by atoms with Crippen LogP contribution >= 0.6 is 0 Å². The first kappa shape index (κ1) is 21.6. The molecule has 3 rings (SSSR count). The Kier molecular flexibility index (Phi) is 7.22. The third-order valence-electron chi connectivity index (χ3n) is 5.09. The molecule has 0 aliphatic carbocycles. The maximum atomic E-state index is 13.3. The average Bonchev–Trinajstić information content (AvgIpc) is 3.08. The van der Waals surface area contributed by atoms with Gasteiger partial charge in [-0.1, -0.05) is 49.4 Å². The number of fused-ring (bicyclic) bond motifs is 1. The highest BCUT2D eigenvalue weighted by Crippen LogP contribution is 2.18. The molecule has 1 aromatic heterocycles. The minimum absolute atomic E-state index is 0.00434. The van der Waals surface area contributed by atoms with E-state index in [-0.39, 0.29) is 24.4 Å². The molecule has 1 N–H and O–H groups in total. The molecule has 0 unspecified atom stereocenters. The Morgan fingerprint density at radius 1 is 1.07 bits per heavy atom. The average molecular weight is 407 g/mol. The number of benzene rings is 2. The molecule has 0 fully saturated rings. The van der Waals surface area contributed by atoms with Gasteiger partial charge in [-0.3, -0.25) is 9.59 Å². The van der Waals surface area contributed by atoms with Crippen molar-refractivity contribution in [2.45, 2.75) is 59.3 Å². The third-order valence-corrected chi connectivity index (χ3v) is 5.09. The van der Waals surface area contributed by atoms with Crippen molar-refractivity contribution < 1.29 is 9.59 Å². The first-order valence-electron chi connectivity index (χ1n) is 10.5. The van der Waals surface area contributed by atoms with Gasteiger partial charge >= 0.3 is 0 Å². The summed E-state index contributed by atoms with van der Waals surface area (Å²) in [7, 11) is 0. The second-order valence-corrected chi connectivity index (χ2v) is 7.73. The molecular weight excluding hydrogens is 376 g/mol. The summed E-state index contributed by atoms with van der Waals surface area (Å²) in [4.78, 5) is 31.8. The molecule has 2 aromatic carbocycles. The molecule has 6 heteroatoms. The molecule has 0 saturated carbocycles. The van der Waals surface area contributed by atoms with Crippen molar-refractivity contribution in [3.05, 3.63) is 66.0 Å². The van der Waals surface area contributed by atoms with E-state index in [9.17, 15) is 9.59 Å². The molecule has 30 heavy (non-hydrogen) atoms. The van der Waals surface area contributed by atoms with Crippen LogP contribution in [-0.2, 0) is 29.2 Å². The number of carbonyl (C=O) groups is 2. The Hall–Kier alpha value is -3.15. The summed E-state index contributed by atoms with van der Waals surface area (Å²) in [5, 5.41) is 2.92. The van der Waals surface area contributed by atoms with E-state index in [1.54, 1.807) is 0 Å². The van der Waals surface area contributed by atoms with Crippen LogP contribution in [0.5, 0.6) is 0 Å². The van der Waals surface area contributed by atoms with Gasteiger partial charge in [-0.05, 0) is 38.0 Å². The number of amides is 2. The number of hydrogen-bond acceptors (Lipinski definition) is 3. The van der Waals surface area contributed by atoms with Gasteiger partial charge in [-0.2, -0.15) is 0 Å². The standard InChI is InChI=1S/C24H30N4O2/c1-4-10-23(29)25-15-22-26-20-13-8-9-14-21(20)28(22)17-24(30)27(18(2)3)16-19-11-6-5-7-12-19/h5-9,11-14,18H,4,10,15-17H2,1-3H3,(H,25,29). The van der Waals surface area contributed by atoms with Crippen molar-refractivity contribution in [3.8, 4) is 0 Å². The Morgan fingerprint density at radius 3 is 2.47 bits per heavy atom. The van der Waals surface area contributed by atoms with Crippen LogP contribution in [-0.4, -0.2) is 32.3 Å². The van der Waals surface area contributed by atoms with Gasteiger partial charge < -0.3 is 14.8 Å². The summed E-state index contributed by atoms with van der Waals surface area (Å²) >= 11 is 0. The van der Waals surface area contributed by atoms with E-state index in [0.717, 1.165) is 23.0 Å². The van der Waals surface area contributed by atoms with Crippen LogP contribution in [0, 0.1) is 0 Å². The number of carbonyl (C=O) groups excluding carboxylic acids is 2. The first-order chi connectivity index (χ1) is 14.5. The zero-order valence-corrected chi connectivity index (χ0v) is 18.0. The highest BCUT2D eigenvalue weighted by molar-refractivity contribution is 5.81. The van der Waals surface area contributed by atoms with Crippen molar-refractivity contribution >= 4 is 22.8 Å². The minimum Gasteiger partial charge on any atom is -0.349 e. The van der Waals surface area contributed by atoms with Gasteiger partial charge in [-0.15, -0.1) is 0 Å². The maximum Gasteiger partial charge on any atom is 0.243 e. The quantitative estimate of drug-likeness (QED) is 0.586. The molecule has 2 amide bonds. The lowest BCUT2D eigenvalue weighted by atomic mass is 10.2. The summed E-state index contributed by atoms with van der Waals surface area (Å²) < 4.78 is 1.92. The number of aromatic nitrogens is 2. The van der Waals surface area contributed by atoms with Crippen molar-refractivity contribution in [2.24, 2.45) is 0 Å². The fourth-order valence-corrected chi connectivity index (χ4v) is 3.49. The lowest BCUT2D eigenvalue weighted by molar-refractivity contribution is -0.134. The Bertz CT molecular complexity index is 995. The lowest BCUT2D eigenvalue weighted by Gasteiger charge is -2.27. The zero-order valence-electron chi connectivity index (χ0n) is 18.0. The van der Waals surface area contributed by atoms with Crippen LogP contribution in [0.25, 0.3) is 11.0 Å². The van der Waals surface area contributed by atoms with Crippen LogP contribution in [0.1, 0.15) is 45.0 Å². The fraction of sp³-hybridized carbons (Fsp3) is 0.375. The predicted molar refractivity (Wildman–Crippen MR) is 119 cm³/mol. The normalized spacial score (nSPS) is 11.1. The van der Waals surface area contributed by atoms with Crippen molar-refractivity contribution in [3.63, 3.8) is 0 Å². The number of rotatable bonds is 9. The Balaban J connectivity index is 1.84. The molecule has 0 spiro atoms. The molecule has 1 heterocycles. The van der Waals surface area contributed by atoms with Crippen molar-refractivity contribution in [1.82, 2.24) is 19.8 Å². The fourth-order valence-electron chi connectivity index (χ4n) is 3.49. The summed E-state index contributed by atoms with van der Waals surface area (Å²) in [5.41, 5.74) is 2.82. The third kappa shape index (κ3) is 5.26. The van der Waals surface area contributed by atoms with Crippen LogP contribution in [0.4, 0.5) is 0 Å². The van der Waals surface area contributed by atoms with Crippen LogP contribution < -0.4 is 5.32 Å².